The minimum absolute atomic E-state index is 0.0390. The summed E-state index contributed by atoms with van der Waals surface area (Å²) in [6.45, 7) is 3.29. The SMILES string of the molecule is Cc1cc(F)c(C(=O)NC2CCCC2(C)CO)cc1F. The number of carbonyl (C=O) groups excluding carboxylic acids is 1. The largest absolute Gasteiger partial charge is 0.396 e. The molecule has 1 aromatic carbocycles. The summed E-state index contributed by atoms with van der Waals surface area (Å²) < 4.78 is 27.2. The van der Waals surface area contributed by atoms with Crippen molar-refractivity contribution in [3.63, 3.8) is 0 Å². The molecule has 0 radical (unpaired) electrons. The van der Waals surface area contributed by atoms with Gasteiger partial charge in [-0.2, -0.15) is 0 Å². The van der Waals surface area contributed by atoms with Crippen LogP contribution >= 0.6 is 0 Å². The molecule has 0 heterocycles. The topological polar surface area (TPSA) is 49.3 Å². The Balaban J connectivity index is 2.19. The maximum absolute atomic E-state index is 13.8. The van der Waals surface area contributed by atoms with Crippen LogP contribution in [0.2, 0.25) is 0 Å². The monoisotopic (exact) mass is 283 g/mol. The molecule has 2 unspecified atom stereocenters. The number of rotatable bonds is 3. The van der Waals surface area contributed by atoms with Crippen molar-refractivity contribution in [2.45, 2.75) is 39.2 Å². The lowest BCUT2D eigenvalue weighted by atomic mass is 9.85. The van der Waals surface area contributed by atoms with Gasteiger partial charge in [0, 0.05) is 11.5 Å². The molecule has 0 aliphatic heterocycles. The summed E-state index contributed by atoms with van der Waals surface area (Å²) in [6.07, 6.45) is 2.44. The molecule has 0 aromatic heterocycles. The summed E-state index contributed by atoms with van der Waals surface area (Å²) in [5, 5.41) is 12.1. The summed E-state index contributed by atoms with van der Waals surface area (Å²) in [5.74, 6) is -1.97. The zero-order valence-corrected chi connectivity index (χ0v) is 11.7. The first-order valence-corrected chi connectivity index (χ1v) is 6.75. The fourth-order valence-corrected chi connectivity index (χ4v) is 2.72. The number of aliphatic hydroxyl groups excluding tert-OH is 1. The summed E-state index contributed by atoms with van der Waals surface area (Å²) in [6, 6.07) is 1.72. The lowest BCUT2D eigenvalue weighted by Gasteiger charge is -2.30. The molecule has 1 aliphatic rings. The quantitative estimate of drug-likeness (QED) is 0.895. The number of nitrogens with one attached hydrogen (secondary N) is 1. The van der Waals surface area contributed by atoms with Gasteiger partial charge in [0.1, 0.15) is 11.6 Å². The molecule has 2 rings (SSSR count). The molecule has 110 valence electrons. The second-order valence-electron chi connectivity index (χ2n) is 5.81. The fraction of sp³-hybridized carbons (Fsp3) is 0.533. The molecule has 0 spiro atoms. The van der Waals surface area contributed by atoms with Gasteiger partial charge < -0.3 is 10.4 Å². The van der Waals surface area contributed by atoms with E-state index < -0.39 is 23.0 Å². The van der Waals surface area contributed by atoms with E-state index in [0.29, 0.717) is 0 Å². The Morgan fingerprint density at radius 2 is 2.15 bits per heavy atom. The first kappa shape index (κ1) is 14.9. The lowest BCUT2D eigenvalue weighted by molar-refractivity contribution is 0.0826. The van der Waals surface area contributed by atoms with Gasteiger partial charge in [-0.1, -0.05) is 13.3 Å². The van der Waals surface area contributed by atoms with Crippen molar-refractivity contribution in [3.05, 3.63) is 34.9 Å². The molecular formula is C15H19F2NO2. The van der Waals surface area contributed by atoms with Gasteiger partial charge in [-0.25, -0.2) is 8.78 Å². The average Bonchev–Trinajstić information content (AvgIpc) is 2.76. The fourth-order valence-electron chi connectivity index (χ4n) is 2.72. The molecule has 1 fully saturated rings. The van der Waals surface area contributed by atoms with E-state index in [4.69, 9.17) is 0 Å². The number of aliphatic hydroxyl groups is 1. The average molecular weight is 283 g/mol. The second-order valence-corrected chi connectivity index (χ2v) is 5.81. The molecule has 2 N–H and O–H groups in total. The Hall–Kier alpha value is -1.49. The van der Waals surface area contributed by atoms with Crippen LogP contribution in [0.15, 0.2) is 12.1 Å². The van der Waals surface area contributed by atoms with E-state index in [-0.39, 0.29) is 23.8 Å². The maximum Gasteiger partial charge on any atom is 0.254 e. The van der Waals surface area contributed by atoms with Gasteiger partial charge >= 0.3 is 0 Å². The Morgan fingerprint density at radius 3 is 2.80 bits per heavy atom. The molecule has 3 nitrogen and oxygen atoms in total. The van der Waals surface area contributed by atoms with E-state index in [1.165, 1.54) is 6.92 Å². The van der Waals surface area contributed by atoms with Gasteiger partial charge in [-0.05, 0) is 37.5 Å². The normalized spacial score (nSPS) is 25.8. The van der Waals surface area contributed by atoms with E-state index in [0.717, 1.165) is 31.4 Å². The zero-order chi connectivity index (χ0) is 14.9. The highest BCUT2D eigenvalue weighted by molar-refractivity contribution is 5.94. The minimum Gasteiger partial charge on any atom is -0.396 e. The van der Waals surface area contributed by atoms with Crippen molar-refractivity contribution >= 4 is 5.91 Å². The minimum atomic E-state index is -0.731. The molecule has 0 saturated heterocycles. The van der Waals surface area contributed by atoms with Crippen molar-refractivity contribution in [2.24, 2.45) is 5.41 Å². The number of hydrogen-bond donors (Lipinski definition) is 2. The highest BCUT2D eigenvalue weighted by Crippen LogP contribution is 2.37. The highest BCUT2D eigenvalue weighted by atomic mass is 19.1. The lowest BCUT2D eigenvalue weighted by Crippen LogP contribution is -2.45. The maximum atomic E-state index is 13.8. The molecular weight excluding hydrogens is 264 g/mol. The predicted molar refractivity (Wildman–Crippen MR) is 71.4 cm³/mol. The van der Waals surface area contributed by atoms with Crippen LogP contribution in [0, 0.1) is 24.0 Å². The van der Waals surface area contributed by atoms with Crippen molar-refractivity contribution in [1.29, 1.82) is 0 Å². The number of halogens is 2. The molecule has 1 saturated carbocycles. The van der Waals surface area contributed by atoms with Gasteiger partial charge in [0.05, 0.1) is 12.2 Å². The van der Waals surface area contributed by atoms with E-state index in [1.54, 1.807) is 0 Å². The standard InChI is InChI=1S/C15H19F2NO2/c1-9-6-12(17)10(7-11(9)16)14(20)18-13-4-3-5-15(13,2)8-19/h6-7,13,19H,3-5,8H2,1-2H3,(H,18,20). The van der Waals surface area contributed by atoms with Gasteiger partial charge in [0.15, 0.2) is 0 Å². The molecule has 1 aliphatic carbocycles. The van der Waals surface area contributed by atoms with Crippen molar-refractivity contribution in [3.8, 4) is 0 Å². The number of amides is 1. The highest BCUT2D eigenvalue weighted by Gasteiger charge is 2.39. The first-order chi connectivity index (χ1) is 9.37. The van der Waals surface area contributed by atoms with E-state index in [9.17, 15) is 18.7 Å². The zero-order valence-electron chi connectivity index (χ0n) is 11.7. The van der Waals surface area contributed by atoms with Crippen molar-refractivity contribution < 1.29 is 18.7 Å². The first-order valence-electron chi connectivity index (χ1n) is 6.75. The van der Waals surface area contributed by atoms with Crippen LogP contribution in [0.3, 0.4) is 0 Å². The molecule has 1 aromatic rings. The Kier molecular flexibility index (Phi) is 4.09. The predicted octanol–water partition coefficient (Wildman–Crippen LogP) is 2.55. The molecule has 1 amide bonds. The van der Waals surface area contributed by atoms with Gasteiger partial charge in [-0.15, -0.1) is 0 Å². The van der Waals surface area contributed by atoms with Crippen LogP contribution in [-0.4, -0.2) is 23.7 Å². The molecule has 0 bridgehead atoms. The third kappa shape index (κ3) is 2.68. The van der Waals surface area contributed by atoms with Crippen molar-refractivity contribution in [1.82, 2.24) is 5.32 Å². The smallest absolute Gasteiger partial charge is 0.254 e. The number of benzene rings is 1. The van der Waals surface area contributed by atoms with Crippen LogP contribution < -0.4 is 5.32 Å². The second kappa shape index (κ2) is 5.48. The number of aryl methyl sites for hydroxylation is 1. The molecule has 20 heavy (non-hydrogen) atoms. The summed E-state index contributed by atoms with van der Waals surface area (Å²) >= 11 is 0. The van der Waals surface area contributed by atoms with Crippen LogP contribution in [0.1, 0.15) is 42.1 Å². The summed E-state index contributed by atoms with van der Waals surface area (Å²) in [5.41, 5.74) is -0.518. The third-order valence-electron chi connectivity index (χ3n) is 4.24. The van der Waals surface area contributed by atoms with Crippen LogP contribution in [0.4, 0.5) is 8.78 Å². The van der Waals surface area contributed by atoms with E-state index in [2.05, 4.69) is 5.32 Å². The number of hydrogen-bond acceptors (Lipinski definition) is 2. The number of carbonyl (C=O) groups is 1. The van der Waals surface area contributed by atoms with Gasteiger partial charge in [0.2, 0.25) is 0 Å². The molecule has 2 atom stereocenters. The van der Waals surface area contributed by atoms with Crippen LogP contribution in [0.25, 0.3) is 0 Å². The van der Waals surface area contributed by atoms with Crippen LogP contribution in [0.5, 0.6) is 0 Å². The van der Waals surface area contributed by atoms with Crippen molar-refractivity contribution in [2.75, 3.05) is 6.61 Å². The summed E-state index contributed by atoms with van der Waals surface area (Å²) in [7, 11) is 0. The van der Waals surface area contributed by atoms with Crippen LogP contribution in [-0.2, 0) is 0 Å². The Labute approximate surface area is 117 Å². The Bertz CT molecular complexity index is 533. The van der Waals surface area contributed by atoms with Gasteiger partial charge in [0.25, 0.3) is 5.91 Å². The van der Waals surface area contributed by atoms with E-state index >= 15 is 0 Å². The molecule has 5 heteroatoms. The summed E-state index contributed by atoms with van der Waals surface area (Å²) in [4.78, 5) is 12.1. The van der Waals surface area contributed by atoms with Gasteiger partial charge in [-0.3, -0.25) is 4.79 Å². The third-order valence-corrected chi connectivity index (χ3v) is 4.24. The van der Waals surface area contributed by atoms with E-state index in [1.807, 2.05) is 6.92 Å². The Morgan fingerprint density at radius 1 is 1.45 bits per heavy atom.